The van der Waals surface area contributed by atoms with Gasteiger partial charge in [-0.25, -0.2) is 23.2 Å². The second-order valence-electron chi connectivity index (χ2n) is 13.9. The van der Waals surface area contributed by atoms with E-state index < -0.39 is 52.0 Å². The number of carbonyl (C=O) groups is 3. The largest absolute Gasteiger partial charge is 0.411 e. The number of hydrogen-bond acceptors (Lipinski definition) is 10. The van der Waals surface area contributed by atoms with E-state index in [2.05, 4.69) is 20.4 Å². The molecule has 3 atom stereocenters. The van der Waals surface area contributed by atoms with Crippen LogP contribution in [0.4, 0.5) is 4.79 Å². The van der Waals surface area contributed by atoms with Crippen LogP contribution in [0.2, 0.25) is 0 Å². The maximum Gasteiger partial charge on any atom is 0.328 e. The quantitative estimate of drug-likeness (QED) is 0.0670. The van der Waals surface area contributed by atoms with Crippen LogP contribution in [0.25, 0.3) is 11.2 Å². The Morgan fingerprint density at radius 2 is 1.72 bits per heavy atom. The van der Waals surface area contributed by atoms with Crippen LogP contribution < -0.4 is 5.32 Å². The van der Waals surface area contributed by atoms with Gasteiger partial charge in [0.15, 0.2) is 5.65 Å². The number of aliphatic hydroxyl groups excluding tert-OH is 1. The molecule has 0 bridgehead atoms. The number of rotatable bonds is 16. The number of fused-ring (bicyclic) bond motifs is 1. The fraction of sp³-hybridized carbons (Fsp3) is 0.405. The van der Waals surface area contributed by atoms with Crippen molar-refractivity contribution in [3.63, 3.8) is 0 Å². The Balaban J connectivity index is 1.39. The highest BCUT2D eigenvalue weighted by Gasteiger charge is 2.45. The number of hydrogen-bond donors (Lipinski definition) is 3. The fourth-order valence-corrected chi connectivity index (χ4v) is 8.09. The second kappa shape index (κ2) is 16.7. The third-order valence-corrected chi connectivity index (χ3v) is 11.0. The Kier molecular flexibility index (Phi) is 12.3. The van der Waals surface area contributed by atoms with Gasteiger partial charge in [0, 0.05) is 26.3 Å². The molecule has 282 valence electrons. The summed E-state index contributed by atoms with van der Waals surface area (Å²) < 4.78 is 30.7. The number of aryl methyl sites for hydroxylation is 1. The van der Waals surface area contributed by atoms with Crippen molar-refractivity contribution < 1.29 is 33.1 Å². The summed E-state index contributed by atoms with van der Waals surface area (Å²) in [6.45, 7) is 6.55. The summed E-state index contributed by atoms with van der Waals surface area (Å²) in [6, 6.07) is 15.8. The van der Waals surface area contributed by atoms with Gasteiger partial charge < -0.3 is 25.1 Å². The van der Waals surface area contributed by atoms with Crippen LogP contribution >= 0.6 is 0 Å². The third kappa shape index (κ3) is 8.89. The first-order valence-corrected chi connectivity index (χ1v) is 18.8. The molecule has 1 saturated heterocycles. The molecule has 16 heteroatoms. The van der Waals surface area contributed by atoms with Crippen molar-refractivity contribution in [1.82, 2.24) is 34.0 Å². The minimum Gasteiger partial charge on any atom is -0.411 e. The summed E-state index contributed by atoms with van der Waals surface area (Å²) in [6.07, 6.45) is 1.59. The van der Waals surface area contributed by atoms with Gasteiger partial charge in [0.05, 0.1) is 29.8 Å². The SMILES string of the molecule is CC(C)CN(C[C@@H](O)[C@H](Cc1ccccc1)NC(=O)C(C(C)C)N1CC(=O)N(Cc2nc3cccnc3n2C)C1=O)S(=O)(=O)c1ccc(/C=N/O)cc1. The summed E-state index contributed by atoms with van der Waals surface area (Å²) in [5, 5.41) is 26.5. The van der Waals surface area contributed by atoms with Crippen LogP contribution in [0.15, 0.2) is 83.0 Å². The van der Waals surface area contributed by atoms with E-state index in [1.54, 1.807) is 43.8 Å². The van der Waals surface area contributed by atoms with E-state index in [0.29, 0.717) is 22.6 Å². The van der Waals surface area contributed by atoms with Crippen LogP contribution in [0.3, 0.4) is 0 Å². The number of amides is 4. The molecule has 53 heavy (non-hydrogen) atoms. The van der Waals surface area contributed by atoms with Crippen molar-refractivity contribution in [1.29, 1.82) is 0 Å². The highest BCUT2D eigenvalue weighted by Crippen LogP contribution is 2.24. The lowest BCUT2D eigenvalue weighted by molar-refractivity contribution is -0.129. The van der Waals surface area contributed by atoms with Gasteiger partial charge in [-0.3, -0.25) is 14.5 Å². The highest BCUT2D eigenvalue weighted by atomic mass is 32.2. The van der Waals surface area contributed by atoms with Gasteiger partial charge in [-0.05, 0) is 53.6 Å². The van der Waals surface area contributed by atoms with Crippen molar-refractivity contribution in [3.05, 3.63) is 89.9 Å². The number of nitrogens with zero attached hydrogens (tertiary/aromatic N) is 7. The first-order chi connectivity index (χ1) is 25.2. The Hall–Kier alpha value is -5.19. The number of sulfonamides is 1. The van der Waals surface area contributed by atoms with E-state index >= 15 is 0 Å². The summed E-state index contributed by atoms with van der Waals surface area (Å²) in [7, 11) is -2.36. The Morgan fingerprint density at radius 3 is 2.34 bits per heavy atom. The number of imide groups is 1. The molecule has 0 saturated carbocycles. The molecule has 0 spiro atoms. The molecule has 1 fully saturated rings. The predicted octanol–water partition coefficient (Wildman–Crippen LogP) is 3.00. The Labute approximate surface area is 309 Å². The van der Waals surface area contributed by atoms with Crippen LogP contribution in [0, 0.1) is 11.8 Å². The molecule has 1 aliphatic rings. The molecule has 1 aliphatic heterocycles. The lowest BCUT2D eigenvalue weighted by atomic mass is 9.97. The minimum absolute atomic E-state index is 0.0133. The number of imidazole rings is 1. The Morgan fingerprint density at radius 1 is 1.02 bits per heavy atom. The number of aliphatic hydroxyl groups is 1. The molecule has 0 aliphatic carbocycles. The first-order valence-electron chi connectivity index (χ1n) is 17.4. The van der Waals surface area contributed by atoms with E-state index in [0.717, 1.165) is 10.5 Å². The normalized spacial score (nSPS) is 15.7. The van der Waals surface area contributed by atoms with Gasteiger partial charge >= 0.3 is 6.03 Å². The lowest BCUT2D eigenvalue weighted by Gasteiger charge is -2.34. The third-order valence-electron chi connectivity index (χ3n) is 9.11. The zero-order valence-corrected chi connectivity index (χ0v) is 31.2. The van der Waals surface area contributed by atoms with Crippen LogP contribution in [-0.4, -0.2) is 109 Å². The molecule has 1 unspecified atom stereocenters. The van der Waals surface area contributed by atoms with Gasteiger partial charge in [-0.2, -0.15) is 4.31 Å². The zero-order valence-electron chi connectivity index (χ0n) is 30.4. The van der Waals surface area contributed by atoms with Gasteiger partial charge in [-0.1, -0.05) is 75.3 Å². The molecule has 3 N–H and O–H groups in total. The van der Waals surface area contributed by atoms with E-state index in [1.807, 2.05) is 44.2 Å². The summed E-state index contributed by atoms with van der Waals surface area (Å²) >= 11 is 0. The number of carbonyl (C=O) groups excluding carboxylic acids is 3. The first kappa shape index (κ1) is 39.0. The van der Waals surface area contributed by atoms with Crippen LogP contribution in [-0.2, 0) is 39.6 Å². The van der Waals surface area contributed by atoms with Crippen molar-refractivity contribution in [2.24, 2.45) is 24.0 Å². The molecule has 2 aromatic heterocycles. The fourth-order valence-electron chi connectivity index (χ4n) is 6.47. The molecule has 0 radical (unpaired) electrons. The predicted molar refractivity (Wildman–Crippen MR) is 197 cm³/mol. The Bertz CT molecular complexity index is 2050. The standard InChI is InChI=1S/C37H46N8O7S/c1-24(2)20-43(53(51,52)28-15-13-27(14-16-28)19-39-50)21-31(46)30(18-26-10-7-6-8-11-26)41-36(48)34(25(3)4)45-23-33(47)44(37(45)49)22-32-40-29-12-9-17-38-35(29)42(32)5/h6-17,19,24-25,30-31,34,46,50H,18,20-23H2,1-5H3,(H,41,48)/b39-19+/t30-,31+,34?/m0/s1. The number of nitrogens with one attached hydrogen (secondary N) is 1. The number of benzene rings is 2. The molecule has 4 aromatic rings. The van der Waals surface area contributed by atoms with Crippen LogP contribution in [0.1, 0.15) is 44.6 Å². The highest BCUT2D eigenvalue weighted by molar-refractivity contribution is 7.89. The number of oxime groups is 1. The maximum absolute atomic E-state index is 14.2. The molecule has 5 rings (SSSR count). The van der Waals surface area contributed by atoms with Gasteiger partial charge in [-0.15, -0.1) is 0 Å². The van der Waals surface area contributed by atoms with Gasteiger partial charge in [0.2, 0.25) is 15.9 Å². The average molecular weight is 747 g/mol. The molecular weight excluding hydrogens is 701 g/mol. The lowest BCUT2D eigenvalue weighted by Crippen LogP contribution is -2.57. The molecular formula is C37H46N8O7S. The molecule has 15 nitrogen and oxygen atoms in total. The summed E-state index contributed by atoms with van der Waals surface area (Å²) in [5.41, 5.74) is 2.50. The van der Waals surface area contributed by atoms with Crippen LogP contribution in [0.5, 0.6) is 0 Å². The summed E-state index contributed by atoms with van der Waals surface area (Å²) in [5.74, 6) is -1.16. The number of aromatic nitrogens is 3. The average Bonchev–Trinajstić information content (AvgIpc) is 3.58. The zero-order chi connectivity index (χ0) is 38.4. The van der Waals surface area contributed by atoms with Gasteiger partial charge in [0.25, 0.3) is 5.91 Å². The van der Waals surface area contributed by atoms with Crippen molar-refractivity contribution in [2.75, 3.05) is 19.6 Å². The van der Waals surface area contributed by atoms with Crippen molar-refractivity contribution in [3.8, 4) is 0 Å². The summed E-state index contributed by atoms with van der Waals surface area (Å²) in [4.78, 5) is 52.4. The van der Waals surface area contributed by atoms with E-state index in [-0.39, 0.29) is 43.4 Å². The number of pyridine rings is 1. The smallest absolute Gasteiger partial charge is 0.328 e. The minimum atomic E-state index is -4.11. The van der Waals surface area contributed by atoms with Crippen molar-refractivity contribution in [2.45, 2.75) is 63.7 Å². The monoisotopic (exact) mass is 746 g/mol. The molecule has 3 heterocycles. The van der Waals surface area contributed by atoms with Gasteiger partial charge in [0.1, 0.15) is 23.9 Å². The number of urea groups is 1. The van der Waals surface area contributed by atoms with E-state index in [1.165, 1.54) is 39.7 Å². The second-order valence-corrected chi connectivity index (χ2v) is 15.9. The van der Waals surface area contributed by atoms with E-state index in [4.69, 9.17) is 5.21 Å². The molecule has 2 aromatic carbocycles. The maximum atomic E-state index is 14.2. The molecule has 4 amide bonds. The van der Waals surface area contributed by atoms with Crippen molar-refractivity contribution >= 4 is 45.2 Å². The van der Waals surface area contributed by atoms with E-state index in [9.17, 15) is 27.9 Å². The topological polar surface area (TPSA) is 191 Å².